The number of hydrogen-bond donors (Lipinski definition) is 1. The van der Waals surface area contributed by atoms with E-state index in [0.717, 1.165) is 32.5 Å². The minimum Gasteiger partial charge on any atom is -0.465 e. The Morgan fingerprint density at radius 1 is 1.47 bits per heavy atom. The van der Waals surface area contributed by atoms with Crippen LogP contribution in [0.3, 0.4) is 0 Å². The molecule has 1 rings (SSSR count). The van der Waals surface area contributed by atoms with E-state index >= 15 is 0 Å². The maximum Gasteiger partial charge on any atom is 0.327 e. The Bertz CT molecular complexity index is 286. The van der Waals surface area contributed by atoms with Crippen LogP contribution < -0.4 is 5.32 Å². The van der Waals surface area contributed by atoms with Gasteiger partial charge in [0.1, 0.15) is 5.54 Å². The van der Waals surface area contributed by atoms with Gasteiger partial charge in [-0.05, 0) is 39.8 Å². The molecule has 5 heteroatoms. The minimum absolute atomic E-state index is 0.170. The van der Waals surface area contributed by atoms with Crippen LogP contribution in [-0.4, -0.2) is 62.4 Å². The second-order valence-electron chi connectivity index (χ2n) is 5.32. The lowest BCUT2D eigenvalue weighted by molar-refractivity contribution is -0.151. The van der Waals surface area contributed by atoms with E-state index in [-0.39, 0.29) is 12.1 Å². The summed E-state index contributed by atoms with van der Waals surface area (Å²) in [7, 11) is 1.75. The van der Waals surface area contributed by atoms with Gasteiger partial charge in [-0.2, -0.15) is 0 Å². The van der Waals surface area contributed by atoms with Crippen LogP contribution in [-0.2, 0) is 14.3 Å². The third-order valence-electron chi connectivity index (χ3n) is 3.63. The van der Waals surface area contributed by atoms with Gasteiger partial charge in [-0.1, -0.05) is 6.92 Å². The van der Waals surface area contributed by atoms with Crippen molar-refractivity contribution in [1.82, 2.24) is 10.2 Å². The van der Waals surface area contributed by atoms with E-state index < -0.39 is 5.54 Å². The Kier molecular flexibility index (Phi) is 6.75. The van der Waals surface area contributed by atoms with Crippen LogP contribution in [0.5, 0.6) is 0 Å². The zero-order valence-corrected chi connectivity index (χ0v) is 12.7. The summed E-state index contributed by atoms with van der Waals surface area (Å²) >= 11 is 0. The van der Waals surface area contributed by atoms with Crippen molar-refractivity contribution < 1.29 is 14.3 Å². The van der Waals surface area contributed by atoms with Gasteiger partial charge in [0, 0.05) is 20.2 Å². The number of esters is 1. The highest BCUT2D eigenvalue weighted by atomic mass is 16.5. The standard InChI is InChI=1S/C14H28N2O3/c1-5-15-14(3,13(17)19-6-2)11-16-9-7-8-12(10-16)18-4/h12,15H,5-11H2,1-4H3. The molecule has 0 bridgehead atoms. The smallest absolute Gasteiger partial charge is 0.327 e. The third-order valence-corrected chi connectivity index (χ3v) is 3.63. The van der Waals surface area contributed by atoms with E-state index in [1.54, 1.807) is 7.11 Å². The number of nitrogens with one attached hydrogen (secondary N) is 1. The predicted octanol–water partition coefficient (Wildman–Crippen LogP) is 1.03. The van der Waals surface area contributed by atoms with E-state index in [4.69, 9.17) is 9.47 Å². The van der Waals surface area contributed by atoms with Crippen molar-refractivity contribution in [2.75, 3.05) is 39.9 Å². The number of ether oxygens (including phenoxy) is 2. The predicted molar refractivity (Wildman–Crippen MR) is 75.2 cm³/mol. The molecule has 0 aliphatic carbocycles. The summed E-state index contributed by atoms with van der Waals surface area (Å²) < 4.78 is 10.6. The normalized spacial score (nSPS) is 23.9. The van der Waals surface area contributed by atoms with Crippen molar-refractivity contribution in [3.8, 4) is 0 Å². The zero-order valence-electron chi connectivity index (χ0n) is 12.7. The molecular formula is C14H28N2O3. The lowest BCUT2D eigenvalue weighted by Gasteiger charge is -2.38. The van der Waals surface area contributed by atoms with Crippen LogP contribution >= 0.6 is 0 Å². The molecule has 0 saturated carbocycles. The first-order valence-electron chi connectivity index (χ1n) is 7.23. The van der Waals surface area contributed by atoms with Crippen molar-refractivity contribution in [2.45, 2.75) is 45.3 Å². The van der Waals surface area contributed by atoms with Crippen LogP contribution in [0.1, 0.15) is 33.6 Å². The maximum absolute atomic E-state index is 12.1. The molecule has 2 atom stereocenters. The highest BCUT2D eigenvalue weighted by molar-refractivity contribution is 5.80. The molecule has 0 aromatic carbocycles. The van der Waals surface area contributed by atoms with E-state index in [0.29, 0.717) is 13.2 Å². The number of likely N-dealkylation sites (tertiary alicyclic amines) is 1. The first-order valence-corrected chi connectivity index (χ1v) is 7.23. The molecule has 19 heavy (non-hydrogen) atoms. The summed E-state index contributed by atoms with van der Waals surface area (Å²) in [5, 5.41) is 3.27. The first kappa shape index (κ1) is 16.4. The van der Waals surface area contributed by atoms with E-state index in [2.05, 4.69) is 10.2 Å². The van der Waals surface area contributed by atoms with Gasteiger partial charge in [0.25, 0.3) is 0 Å². The van der Waals surface area contributed by atoms with Crippen molar-refractivity contribution in [1.29, 1.82) is 0 Å². The fraction of sp³-hybridized carbons (Fsp3) is 0.929. The molecule has 1 fully saturated rings. The molecule has 5 nitrogen and oxygen atoms in total. The fourth-order valence-electron chi connectivity index (χ4n) is 2.67. The molecule has 1 aliphatic heterocycles. The van der Waals surface area contributed by atoms with E-state index in [1.165, 1.54) is 0 Å². The van der Waals surface area contributed by atoms with E-state index in [1.807, 2.05) is 20.8 Å². The maximum atomic E-state index is 12.1. The average Bonchev–Trinajstić information content (AvgIpc) is 2.39. The Morgan fingerprint density at radius 3 is 2.79 bits per heavy atom. The Labute approximate surface area is 116 Å². The SMILES string of the molecule is CCNC(C)(CN1CCCC(OC)C1)C(=O)OCC. The molecule has 0 radical (unpaired) electrons. The Hall–Kier alpha value is -0.650. The minimum atomic E-state index is -0.639. The van der Waals surface area contributed by atoms with E-state index in [9.17, 15) is 4.79 Å². The molecule has 1 heterocycles. The summed E-state index contributed by atoms with van der Waals surface area (Å²) in [5.74, 6) is -0.170. The van der Waals surface area contributed by atoms with Crippen molar-refractivity contribution in [3.63, 3.8) is 0 Å². The molecule has 112 valence electrons. The van der Waals surface area contributed by atoms with Gasteiger partial charge in [0.05, 0.1) is 12.7 Å². The highest BCUT2D eigenvalue weighted by Crippen LogP contribution is 2.17. The van der Waals surface area contributed by atoms with Gasteiger partial charge in [0.15, 0.2) is 0 Å². The van der Waals surface area contributed by atoms with Gasteiger partial charge < -0.3 is 14.8 Å². The van der Waals surface area contributed by atoms with Gasteiger partial charge in [-0.3, -0.25) is 9.69 Å². The number of hydrogen-bond acceptors (Lipinski definition) is 5. The molecule has 2 unspecified atom stereocenters. The molecule has 0 aromatic heterocycles. The van der Waals surface area contributed by atoms with Gasteiger partial charge in [0.2, 0.25) is 0 Å². The highest BCUT2D eigenvalue weighted by Gasteiger charge is 2.37. The number of carbonyl (C=O) groups is 1. The summed E-state index contributed by atoms with van der Waals surface area (Å²) in [6, 6.07) is 0. The van der Waals surface area contributed by atoms with Crippen molar-refractivity contribution >= 4 is 5.97 Å². The molecule has 0 spiro atoms. The van der Waals surface area contributed by atoms with Gasteiger partial charge in [-0.15, -0.1) is 0 Å². The molecule has 1 saturated heterocycles. The van der Waals surface area contributed by atoms with Crippen molar-refractivity contribution in [2.24, 2.45) is 0 Å². The quantitative estimate of drug-likeness (QED) is 0.702. The van der Waals surface area contributed by atoms with Crippen LogP contribution in [0.2, 0.25) is 0 Å². The fourth-order valence-corrected chi connectivity index (χ4v) is 2.67. The second kappa shape index (κ2) is 7.82. The number of likely N-dealkylation sites (N-methyl/N-ethyl adjacent to an activating group) is 1. The first-order chi connectivity index (χ1) is 9.05. The Morgan fingerprint density at radius 2 is 2.21 bits per heavy atom. The van der Waals surface area contributed by atoms with Crippen LogP contribution in [0.15, 0.2) is 0 Å². The van der Waals surface area contributed by atoms with Gasteiger partial charge >= 0.3 is 5.97 Å². The summed E-state index contributed by atoms with van der Waals surface area (Å²) in [5.41, 5.74) is -0.639. The van der Waals surface area contributed by atoms with Gasteiger partial charge in [-0.25, -0.2) is 0 Å². The Balaban J connectivity index is 2.63. The second-order valence-corrected chi connectivity index (χ2v) is 5.32. The number of carbonyl (C=O) groups excluding carboxylic acids is 1. The average molecular weight is 272 g/mol. The van der Waals surface area contributed by atoms with Crippen LogP contribution in [0.4, 0.5) is 0 Å². The van der Waals surface area contributed by atoms with Crippen LogP contribution in [0, 0.1) is 0 Å². The molecule has 1 aliphatic rings. The summed E-state index contributed by atoms with van der Waals surface area (Å²) in [4.78, 5) is 14.4. The summed E-state index contributed by atoms with van der Waals surface area (Å²) in [6.07, 6.45) is 2.50. The lowest BCUT2D eigenvalue weighted by atomic mass is 9.99. The molecule has 0 aromatic rings. The number of rotatable bonds is 7. The third kappa shape index (κ3) is 4.75. The van der Waals surface area contributed by atoms with Crippen LogP contribution in [0.25, 0.3) is 0 Å². The monoisotopic (exact) mass is 272 g/mol. The zero-order chi connectivity index (χ0) is 14.3. The number of piperidine rings is 1. The summed E-state index contributed by atoms with van der Waals surface area (Å²) in [6.45, 7) is 9.50. The lowest BCUT2D eigenvalue weighted by Crippen LogP contribution is -2.59. The number of methoxy groups -OCH3 is 1. The number of nitrogens with zero attached hydrogens (tertiary/aromatic N) is 1. The largest absolute Gasteiger partial charge is 0.465 e. The molecular weight excluding hydrogens is 244 g/mol. The van der Waals surface area contributed by atoms with Crippen molar-refractivity contribution in [3.05, 3.63) is 0 Å². The molecule has 1 N–H and O–H groups in total. The topological polar surface area (TPSA) is 50.8 Å². The molecule has 0 amide bonds.